The number of benzene rings is 1. The Morgan fingerprint density at radius 1 is 1.18 bits per heavy atom. The predicted octanol–water partition coefficient (Wildman–Crippen LogP) is 2.91. The summed E-state index contributed by atoms with van der Waals surface area (Å²) in [6.07, 6.45) is 4.02. The maximum atomic E-state index is 13.2. The molecule has 2 N–H and O–H groups in total. The molecule has 0 fully saturated rings. The zero-order valence-electron chi connectivity index (χ0n) is 18.8. The lowest BCUT2D eigenvalue weighted by molar-refractivity contribution is 0.0951. The van der Waals surface area contributed by atoms with Crippen molar-refractivity contribution in [2.24, 2.45) is 0 Å². The van der Waals surface area contributed by atoms with E-state index < -0.39 is 0 Å². The number of carbonyl (C=O) groups excluding carboxylic acids is 1. The predicted molar refractivity (Wildman–Crippen MR) is 127 cm³/mol. The van der Waals surface area contributed by atoms with Crippen LogP contribution in [0.3, 0.4) is 0 Å². The van der Waals surface area contributed by atoms with Gasteiger partial charge in [-0.1, -0.05) is 31.5 Å². The fourth-order valence-corrected chi connectivity index (χ4v) is 3.80. The van der Waals surface area contributed by atoms with Crippen LogP contribution in [-0.4, -0.2) is 33.5 Å². The lowest BCUT2D eigenvalue weighted by Crippen LogP contribution is -2.35. The lowest BCUT2D eigenvalue weighted by atomic mass is 10.1. The molecule has 0 aliphatic heterocycles. The topological polar surface area (TPSA) is 101 Å². The van der Waals surface area contributed by atoms with E-state index in [1.165, 1.54) is 10.5 Å². The Bertz CT molecular complexity index is 1420. The fraction of sp³-hybridized carbons (Fsp3) is 0.280. The largest absolute Gasteiger partial charge is 0.497 e. The highest BCUT2D eigenvalue weighted by atomic mass is 16.5. The van der Waals surface area contributed by atoms with E-state index >= 15 is 0 Å². The molecule has 1 amide bonds. The molecule has 0 atom stereocenters. The van der Waals surface area contributed by atoms with E-state index in [2.05, 4.69) is 17.2 Å². The van der Waals surface area contributed by atoms with E-state index in [1.807, 2.05) is 30.3 Å². The number of nitrogens with one attached hydrogen (secondary N) is 2. The third kappa shape index (κ3) is 4.50. The van der Waals surface area contributed by atoms with Crippen LogP contribution >= 0.6 is 0 Å². The van der Waals surface area contributed by atoms with E-state index in [0.29, 0.717) is 36.2 Å². The van der Waals surface area contributed by atoms with Crippen LogP contribution < -0.4 is 21.1 Å². The minimum absolute atomic E-state index is 0.0603. The number of hydrogen-bond acceptors (Lipinski definition) is 5. The second-order valence-electron chi connectivity index (χ2n) is 7.85. The number of ether oxygens (including phenoxy) is 1. The summed E-state index contributed by atoms with van der Waals surface area (Å²) < 4.78 is 8.30. The number of unbranched alkanes of at least 4 members (excludes halogenated alkanes) is 1. The van der Waals surface area contributed by atoms with Gasteiger partial charge in [0.1, 0.15) is 22.5 Å². The van der Waals surface area contributed by atoms with Gasteiger partial charge >= 0.3 is 0 Å². The number of carbonyl (C=O) groups is 1. The smallest absolute Gasteiger partial charge is 0.267 e. The second-order valence-corrected chi connectivity index (χ2v) is 7.85. The summed E-state index contributed by atoms with van der Waals surface area (Å²) in [6.45, 7) is 2.97. The molecule has 8 heteroatoms. The Morgan fingerprint density at radius 3 is 2.70 bits per heavy atom. The second kappa shape index (κ2) is 9.68. The van der Waals surface area contributed by atoms with Crippen LogP contribution in [0.5, 0.6) is 5.75 Å². The SMILES string of the molecule is CCCCn1c(=N)c(C(=O)NCCc2ccc(OC)cc2)cc2c(=O)n3ccccc3nc21. The summed E-state index contributed by atoms with van der Waals surface area (Å²) in [6, 6.07) is 14.5. The number of fused-ring (bicyclic) bond motifs is 2. The lowest BCUT2D eigenvalue weighted by Gasteiger charge is -2.14. The average molecular weight is 446 g/mol. The molecule has 8 nitrogen and oxygen atoms in total. The number of hydrogen-bond donors (Lipinski definition) is 2. The van der Waals surface area contributed by atoms with Crippen molar-refractivity contribution in [2.75, 3.05) is 13.7 Å². The summed E-state index contributed by atoms with van der Waals surface area (Å²) in [5.41, 5.74) is 1.98. The van der Waals surface area contributed by atoms with Gasteiger partial charge in [-0.3, -0.25) is 19.4 Å². The van der Waals surface area contributed by atoms with Crippen molar-refractivity contribution in [2.45, 2.75) is 32.7 Å². The number of nitrogens with zero attached hydrogens (tertiary/aromatic N) is 3. The molecule has 1 aromatic carbocycles. The molecule has 0 aliphatic rings. The van der Waals surface area contributed by atoms with Gasteiger partial charge < -0.3 is 14.6 Å². The van der Waals surface area contributed by atoms with Crippen molar-refractivity contribution in [1.82, 2.24) is 19.3 Å². The molecule has 0 bridgehead atoms. The Morgan fingerprint density at radius 2 is 1.97 bits per heavy atom. The van der Waals surface area contributed by atoms with Crippen LogP contribution in [0.15, 0.2) is 59.5 Å². The molecule has 0 aliphatic carbocycles. The molecule has 33 heavy (non-hydrogen) atoms. The normalized spacial score (nSPS) is 11.1. The number of methoxy groups -OCH3 is 1. The van der Waals surface area contributed by atoms with Crippen molar-refractivity contribution in [3.63, 3.8) is 0 Å². The van der Waals surface area contributed by atoms with E-state index in [4.69, 9.17) is 10.1 Å². The molecule has 0 unspecified atom stereocenters. The monoisotopic (exact) mass is 445 g/mol. The first-order chi connectivity index (χ1) is 16.0. The van der Waals surface area contributed by atoms with Gasteiger partial charge in [0.05, 0.1) is 18.1 Å². The van der Waals surface area contributed by atoms with E-state index in [1.54, 1.807) is 30.0 Å². The van der Waals surface area contributed by atoms with Crippen molar-refractivity contribution >= 4 is 22.6 Å². The highest BCUT2D eigenvalue weighted by molar-refractivity contribution is 5.96. The maximum absolute atomic E-state index is 13.2. The van der Waals surface area contributed by atoms with Gasteiger partial charge in [-0.15, -0.1) is 0 Å². The molecular weight excluding hydrogens is 418 g/mol. The van der Waals surface area contributed by atoms with Crippen LogP contribution in [-0.2, 0) is 13.0 Å². The molecule has 3 heterocycles. The van der Waals surface area contributed by atoms with E-state index in [0.717, 1.165) is 24.2 Å². The van der Waals surface area contributed by atoms with Crippen molar-refractivity contribution in [3.8, 4) is 5.75 Å². The van der Waals surface area contributed by atoms with Crippen molar-refractivity contribution in [1.29, 1.82) is 5.41 Å². The minimum atomic E-state index is -0.377. The Hall–Kier alpha value is -3.94. The molecule has 0 spiro atoms. The zero-order chi connectivity index (χ0) is 23.4. The number of pyridine rings is 2. The van der Waals surface area contributed by atoms with Crippen LogP contribution in [0.25, 0.3) is 16.7 Å². The van der Waals surface area contributed by atoms with Gasteiger partial charge in [-0.2, -0.15) is 0 Å². The molecule has 170 valence electrons. The summed E-state index contributed by atoms with van der Waals surface area (Å²) in [5.74, 6) is 0.403. The standard InChI is InChI=1S/C25H27N5O3/c1-3-4-14-30-22(26)19(24(31)27-13-12-17-8-10-18(33-2)11-9-17)16-20-23(30)28-21-7-5-6-15-29(21)25(20)32/h5-11,15-16,26H,3-4,12-14H2,1-2H3,(H,27,31). The zero-order valence-corrected chi connectivity index (χ0v) is 18.8. The molecule has 0 radical (unpaired) electrons. The van der Waals surface area contributed by atoms with Crippen LogP contribution in [0.2, 0.25) is 0 Å². The minimum Gasteiger partial charge on any atom is -0.497 e. The van der Waals surface area contributed by atoms with Crippen LogP contribution in [0, 0.1) is 5.41 Å². The number of rotatable bonds is 8. The Balaban J connectivity index is 1.68. The van der Waals surface area contributed by atoms with Crippen molar-refractivity contribution in [3.05, 3.63) is 81.7 Å². The van der Waals surface area contributed by atoms with Gasteiger partial charge in [0.15, 0.2) is 0 Å². The highest BCUT2D eigenvalue weighted by Gasteiger charge is 2.17. The summed E-state index contributed by atoms with van der Waals surface area (Å²) in [7, 11) is 1.62. The van der Waals surface area contributed by atoms with Gasteiger partial charge in [-0.05, 0) is 48.7 Å². The fourth-order valence-electron chi connectivity index (χ4n) is 3.80. The van der Waals surface area contributed by atoms with Gasteiger partial charge in [-0.25, -0.2) is 4.98 Å². The molecule has 3 aromatic heterocycles. The van der Waals surface area contributed by atoms with Crippen LogP contribution in [0.1, 0.15) is 35.7 Å². The first-order valence-electron chi connectivity index (χ1n) is 11.0. The van der Waals surface area contributed by atoms with E-state index in [9.17, 15) is 9.59 Å². The molecule has 4 aromatic rings. The third-order valence-electron chi connectivity index (χ3n) is 5.66. The number of amides is 1. The number of aromatic nitrogens is 3. The maximum Gasteiger partial charge on any atom is 0.267 e. The summed E-state index contributed by atoms with van der Waals surface area (Å²) in [5, 5.41) is 11.9. The van der Waals surface area contributed by atoms with Crippen LogP contribution in [0.4, 0.5) is 0 Å². The molecule has 4 rings (SSSR count). The van der Waals surface area contributed by atoms with Crippen molar-refractivity contribution < 1.29 is 9.53 Å². The quantitative estimate of drug-likeness (QED) is 0.407. The molecular formula is C25H27N5O3. The summed E-state index contributed by atoms with van der Waals surface area (Å²) in [4.78, 5) is 30.8. The van der Waals surface area contributed by atoms with E-state index in [-0.39, 0.29) is 22.5 Å². The molecule has 0 saturated heterocycles. The Labute approximate surface area is 191 Å². The van der Waals surface area contributed by atoms with Gasteiger partial charge in [0, 0.05) is 19.3 Å². The molecule has 0 saturated carbocycles. The highest BCUT2D eigenvalue weighted by Crippen LogP contribution is 2.13. The first kappa shape index (κ1) is 22.3. The Kier molecular flexibility index (Phi) is 6.53. The number of aryl methyl sites for hydroxylation is 1. The van der Waals surface area contributed by atoms with Gasteiger partial charge in [0.2, 0.25) is 0 Å². The first-order valence-corrected chi connectivity index (χ1v) is 11.0. The van der Waals surface area contributed by atoms with Gasteiger partial charge in [0.25, 0.3) is 11.5 Å². The third-order valence-corrected chi connectivity index (χ3v) is 5.66. The average Bonchev–Trinajstić information content (AvgIpc) is 2.84. The summed E-state index contributed by atoms with van der Waals surface area (Å²) >= 11 is 0.